The summed E-state index contributed by atoms with van der Waals surface area (Å²) in [6, 6.07) is 19.7. The van der Waals surface area contributed by atoms with Crippen LogP contribution in [-0.4, -0.2) is 53.7 Å². The SMILES string of the molecule is CCOc1ccccc1N1CCN(C(=O)c2cc(-c3ccccc3)nc3onc(C)c23)CC1. The number of fused-ring (bicyclic) bond motifs is 1. The van der Waals surface area contributed by atoms with E-state index >= 15 is 0 Å². The van der Waals surface area contributed by atoms with Crippen LogP contribution in [0.2, 0.25) is 0 Å². The van der Waals surface area contributed by atoms with Gasteiger partial charge in [0.15, 0.2) is 0 Å². The van der Waals surface area contributed by atoms with Crippen molar-refractivity contribution in [3.05, 3.63) is 71.9 Å². The third kappa shape index (κ3) is 4.02. The number of carbonyl (C=O) groups is 1. The van der Waals surface area contributed by atoms with Crippen molar-refractivity contribution in [2.24, 2.45) is 0 Å². The van der Waals surface area contributed by atoms with Crippen LogP contribution >= 0.6 is 0 Å². The highest BCUT2D eigenvalue weighted by molar-refractivity contribution is 6.07. The average Bonchev–Trinajstić information content (AvgIpc) is 3.25. The predicted octanol–water partition coefficient (Wildman–Crippen LogP) is 4.56. The van der Waals surface area contributed by atoms with Crippen molar-refractivity contribution in [3.8, 4) is 17.0 Å². The summed E-state index contributed by atoms with van der Waals surface area (Å²) in [4.78, 5) is 22.4. The molecule has 7 nitrogen and oxygen atoms in total. The minimum Gasteiger partial charge on any atom is -0.492 e. The molecule has 1 fully saturated rings. The van der Waals surface area contributed by atoms with Gasteiger partial charge in [0, 0.05) is 31.7 Å². The fourth-order valence-corrected chi connectivity index (χ4v) is 4.34. The molecular formula is C26H26N4O3. The number of aromatic nitrogens is 2. The molecule has 1 aliphatic heterocycles. The van der Waals surface area contributed by atoms with Crippen molar-refractivity contribution in [1.29, 1.82) is 0 Å². The van der Waals surface area contributed by atoms with E-state index in [-0.39, 0.29) is 5.91 Å². The van der Waals surface area contributed by atoms with Gasteiger partial charge in [-0.25, -0.2) is 4.98 Å². The number of benzene rings is 2. The molecule has 2 aromatic carbocycles. The minimum absolute atomic E-state index is 0.0244. The lowest BCUT2D eigenvalue weighted by Gasteiger charge is -2.36. The maximum absolute atomic E-state index is 13.6. The maximum atomic E-state index is 13.6. The number of nitrogens with zero attached hydrogens (tertiary/aromatic N) is 4. The van der Waals surface area contributed by atoms with Crippen LogP contribution in [0.15, 0.2) is 65.2 Å². The van der Waals surface area contributed by atoms with E-state index in [0.29, 0.717) is 47.7 Å². The zero-order valence-corrected chi connectivity index (χ0v) is 18.8. The number of pyridine rings is 1. The summed E-state index contributed by atoms with van der Waals surface area (Å²) < 4.78 is 11.2. The van der Waals surface area contributed by atoms with Crippen molar-refractivity contribution in [2.45, 2.75) is 13.8 Å². The summed E-state index contributed by atoms with van der Waals surface area (Å²) in [6.45, 7) is 7.16. The Kier molecular flexibility index (Phi) is 5.69. The summed E-state index contributed by atoms with van der Waals surface area (Å²) >= 11 is 0. The van der Waals surface area contributed by atoms with Gasteiger partial charge in [-0.3, -0.25) is 4.79 Å². The van der Waals surface area contributed by atoms with Gasteiger partial charge in [-0.15, -0.1) is 0 Å². The number of rotatable bonds is 5. The maximum Gasteiger partial charge on any atom is 0.259 e. The Balaban J connectivity index is 1.42. The highest BCUT2D eigenvalue weighted by atomic mass is 16.5. The number of carbonyl (C=O) groups excluding carboxylic acids is 1. The molecular weight excluding hydrogens is 416 g/mol. The van der Waals surface area contributed by atoms with Gasteiger partial charge >= 0.3 is 0 Å². The van der Waals surface area contributed by atoms with Crippen LogP contribution in [0.4, 0.5) is 5.69 Å². The van der Waals surface area contributed by atoms with E-state index < -0.39 is 0 Å². The second-order valence-electron chi connectivity index (χ2n) is 8.05. The highest BCUT2D eigenvalue weighted by Crippen LogP contribution is 2.31. The molecule has 168 valence electrons. The van der Waals surface area contributed by atoms with E-state index in [0.717, 1.165) is 30.1 Å². The lowest BCUT2D eigenvalue weighted by molar-refractivity contribution is 0.0748. The first-order valence-electron chi connectivity index (χ1n) is 11.2. The third-order valence-electron chi connectivity index (χ3n) is 5.99. The fourth-order valence-electron chi connectivity index (χ4n) is 4.34. The van der Waals surface area contributed by atoms with Crippen LogP contribution in [0.25, 0.3) is 22.4 Å². The minimum atomic E-state index is -0.0244. The molecule has 2 aromatic heterocycles. The van der Waals surface area contributed by atoms with E-state index in [4.69, 9.17) is 9.26 Å². The monoisotopic (exact) mass is 442 g/mol. The number of piperazine rings is 1. The molecule has 1 saturated heterocycles. The molecule has 3 heterocycles. The summed E-state index contributed by atoms with van der Waals surface area (Å²) in [5, 5.41) is 4.75. The van der Waals surface area contributed by atoms with Gasteiger partial charge in [-0.2, -0.15) is 0 Å². The van der Waals surface area contributed by atoms with Crippen LogP contribution in [0, 0.1) is 6.92 Å². The van der Waals surface area contributed by atoms with Crippen molar-refractivity contribution < 1.29 is 14.1 Å². The van der Waals surface area contributed by atoms with Crippen LogP contribution in [0.1, 0.15) is 23.0 Å². The van der Waals surface area contributed by atoms with Gasteiger partial charge in [0.1, 0.15) is 5.75 Å². The van der Waals surface area contributed by atoms with Crippen molar-refractivity contribution >= 4 is 22.7 Å². The quantitative estimate of drug-likeness (QED) is 0.451. The second-order valence-corrected chi connectivity index (χ2v) is 8.05. The van der Waals surface area contributed by atoms with Gasteiger partial charge in [0.05, 0.1) is 34.6 Å². The fraction of sp³-hybridized carbons (Fsp3) is 0.269. The van der Waals surface area contributed by atoms with Crippen molar-refractivity contribution in [1.82, 2.24) is 15.0 Å². The number of amides is 1. The number of aryl methyl sites for hydroxylation is 1. The molecule has 1 aliphatic rings. The summed E-state index contributed by atoms with van der Waals surface area (Å²) in [7, 11) is 0. The van der Waals surface area contributed by atoms with Crippen LogP contribution in [0.3, 0.4) is 0 Å². The smallest absolute Gasteiger partial charge is 0.259 e. The Hall–Kier alpha value is -3.87. The molecule has 0 radical (unpaired) electrons. The molecule has 0 saturated carbocycles. The summed E-state index contributed by atoms with van der Waals surface area (Å²) in [6.07, 6.45) is 0. The Labute approximate surface area is 192 Å². The number of ether oxygens (including phenoxy) is 1. The highest BCUT2D eigenvalue weighted by Gasteiger charge is 2.27. The first-order chi connectivity index (χ1) is 16.2. The van der Waals surface area contributed by atoms with Crippen LogP contribution in [0.5, 0.6) is 5.75 Å². The largest absolute Gasteiger partial charge is 0.492 e. The van der Waals surface area contributed by atoms with E-state index in [9.17, 15) is 4.79 Å². The lowest BCUT2D eigenvalue weighted by atomic mass is 10.0. The lowest BCUT2D eigenvalue weighted by Crippen LogP contribution is -2.49. The van der Waals surface area contributed by atoms with Crippen molar-refractivity contribution in [3.63, 3.8) is 0 Å². The molecule has 0 aliphatic carbocycles. The molecule has 4 aromatic rings. The van der Waals surface area contributed by atoms with Crippen molar-refractivity contribution in [2.75, 3.05) is 37.7 Å². The predicted molar refractivity (Wildman–Crippen MR) is 128 cm³/mol. The molecule has 7 heteroatoms. The normalized spacial score (nSPS) is 14.0. The topological polar surface area (TPSA) is 71.7 Å². The third-order valence-corrected chi connectivity index (χ3v) is 5.99. The van der Waals surface area contributed by atoms with Gasteiger partial charge < -0.3 is 19.1 Å². The van der Waals surface area contributed by atoms with E-state index in [1.807, 2.05) is 73.3 Å². The first-order valence-corrected chi connectivity index (χ1v) is 11.2. The van der Waals surface area contributed by atoms with E-state index in [2.05, 4.69) is 21.1 Å². The van der Waals surface area contributed by atoms with Crippen LogP contribution in [-0.2, 0) is 0 Å². The van der Waals surface area contributed by atoms with E-state index in [1.54, 1.807) is 0 Å². The number of para-hydroxylation sites is 2. The molecule has 0 unspecified atom stereocenters. The molecule has 0 bridgehead atoms. The number of anilines is 1. The van der Waals surface area contributed by atoms with E-state index in [1.165, 1.54) is 0 Å². The Morgan fingerprint density at radius 1 is 1.03 bits per heavy atom. The van der Waals surface area contributed by atoms with Crippen LogP contribution < -0.4 is 9.64 Å². The summed E-state index contributed by atoms with van der Waals surface area (Å²) in [5.41, 5.74) is 4.35. The molecule has 5 rings (SSSR count). The van der Waals surface area contributed by atoms with Gasteiger partial charge in [0.2, 0.25) is 0 Å². The zero-order chi connectivity index (χ0) is 22.8. The molecule has 0 atom stereocenters. The molecule has 33 heavy (non-hydrogen) atoms. The second kappa shape index (κ2) is 8.94. The molecule has 0 N–H and O–H groups in total. The molecule has 1 amide bonds. The number of hydrogen-bond acceptors (Lipinski definition) is 6. The summed E-state index contributed by atoms with van der Waals surface area (Å²) in [5.74, 6) is 0.854. The van der Waals surface area contributed by atoms with Gasteiger partial charge in [0.25, 0.3) is 11.6 Å². The molecule has 0 spiro atoms. The Bertz CT molecular complexity index is 1280. The first kappa shape index (κ1) is 21.0. The Morgan fingerprint density at radius 3 is 2.52 bits per heavy atom. The standard InChI is InChI=1S/C26H26N4O3/c1-3-32-23-12-8-7-11-22(23)29-13-15-30(16-14-29)26(31)20-17-21(19-9-5-4-6-10-19)27-25-24(20)18(2)28-33-25/h4-12,17H,3,13-16H2,1-2H3. The Morgan fingerprint density at radius 2 is 1.76 bits per heavy atom. The number of hydrogen-bond donors (Lipinski definition) is 0. The van der Waals surface area contributed by atoms with Gasteiger partial charge in [-0.05, 0) is 32.0 Å². The average molecular weight is 443 g/mol. The van der Waals surface area contributed by atoms with Gasteiger partial charge in [-0.1, -0.05) is 47.6 Å². The zero-order valence-electron chi connectivity index (χ0n) is 18.8.